The van der Waals surface area contributed by atoms with E-state index in [1.54, 1.807) is 6.20 Å². The molecular formula is C29H29N5O2S. The minimum Gasteiger partial charge on any atom is -0.375 e. The molecule has 1 amide bonds. The number of anilines is 2. The molecule has 0 saturated carbocycles. The van der Waals surface area contributed by atoms with Crippen LogP contribution < -0.4 is 15.5 Å². The molecule has 2 atom stereocenters. The quantitative estimate of drug-likeness (QED) is 0.330. The number of hydrogen-bond donors (Lipinski definition) is 2. The van der Waals surface area contributed by atoms with Crippen molar-refractivity contribution in [2.45, 2.75) is 25.9 Å². The molecule has 8 heteroatoms. The van der Waals surface area contributed by atoms with Crippen LogP contribution in [0.5, 0.6) is 0 Å². The average molecular weight is 512 g/mol. The molecule has 2 aromatic carbocycles. The lowest BCUT2D eigenvalue weighted by molar-refractivity contribution is -0.119. The van der Waals surface area contributed by atoms with E-state index in [2.05, 4.69) is 75.5 Å². The van der Waals surface area contributed by atoms with Gasteiger partial charge in [-0.05, 0) is 97.9 Å². The number of pyridine rings is 1. The standard InChI is InChI=1S/C29H29N5O2S/c1-19-9-12-23(17-20(19)2)33-16-6-8-25(33)28-27(24-7-4-5-15-30-24)32-29(37)34(28)22-13-10-21(11-14-22)31-26(35)18-36-3/h4-17,27-28H,18H2,1-3H3,(H,31,35)(H,32,37)/t27-,28+/m1/s1. The van der Waals surface area contributed by atoms with Crippen molar-refractivity contribution in [3.05, 3.63) is 108 Å². The highest BCUT2D eigenvalue weighted by molar-refractivity contribution is 7.80. The first kappa shape index (κ1) is 24.7. The maximum atomic E-state index is 11.9. The van der Waals surface area contributed by atoms with Crippen molar-refractivity contribution < 1.29 is 9.53 Å². The summed E-state index contributed by atoms with van der Waals surface area (Å²) >= 11 is 5.88. The number of carbonyl (C=O) groups is 1. The van der Waals surface area contributed by atoms with Crippen LogP contribution in [-0.4, -0.2) is 34.3 Å². The van der Waals surface area contributed by atoms with Gasteiger partial charge in [0.05, 0.1) is 11.7 Å². The van der Waals surface area contributed by atoms with Crippen molar-refractivity contribution in [3.63, 3.8) is 0 Å². The van der Waals surface area contributed by atoms with E-state index in [0.717, 1.165) is 22.8 Å². The number of methoxy groups -OCH3 is 1. The second kappa shape index (κ2) is 10.5. The van der Waals surface area contributed by atoms with Crippen molar-refractivity contribution in [1.29, 1.82) is 0 Å². The fraction of sp³-hybridized carbons (Fsp3) is 0.207. The van der Waals surface area contributed by atoms with Gasteiger partial charge >= 0.3 is 0 Å². The molecule has 7 nitrogen and oxygen atoms in total. The molecule has 5 rings (SSSR count). The molecule has 1 saturated heterocycles. The van der Waals surface area contributed by atoms with Crippen molar-refractivity contribution in [3.8, 4) is 5.69 Å². The second-order valence-corrected chi connectivity index (χ2v) is 9.48. The molecule has 0 bridgehead atoms. The molecule has 3 heterocycles. The summed E-state index contributed by atoms with van der Waals surface area (Å²) in [6, 6.07) is 24.0. The molecule has 1 aliphatic heterocycles. The van der Waals surface area contributed by atoms with Gasteiger partial charge in [0.25, 0.3) is 0 Å². The molecule has 2 aromatic heterocycles. The number of hydrogen-bond acceptors (Lipinski definition) is 4. The van der Waals surface area contributed by atoms with Crippen LogP contribution in [0, 0.1) is 13.8 Å². The molecule has 1 aliphatic rings. The number of aromatic nitrogens is 2. The first-order valence-electron chi connectivity index (χ1n) is 12.1. The number of benzene rings is 2. The zero-order valence-electron chi connectivity index (χ0n) is 21.0. The Hall–Kier alpha value is -4.01. The van der Waals surface area contributed by atoms with Crippen LogP contribution in [0.4, 0.5) is 11.4 Å². The number of nitrogens with zero attached hydrogens (tertiary/aromatic N) is 3. The van der Waals surface area contributed by atoms with Crippen LogP contribution in [0.25, 0.3) is 5.69 Å². The van der Waals surface area contributed by atoms with E-state index in [4.69, 9.17) is 17.0 Å². The van der Waals surface area contributed by atoms with Gasteiger partial charge in [0.2, 0.25) is 5.91 Å². The maximum Gasteiger partial charge on any atom is 0.250 e. The first-order valence-corrected chi connectivity index (χ1v) is 12.5. The molecular weight excluding hydrogens is 482 g/mol. The monoisotopic (exact) mass is 511 g/mol. The van der Waals surface area contributed by atoms with E-state index in [1.165, 1.54) is 18.2 Å². The highest BCUT2D eigenvalue weighted by Crippen LogP contribution is 2.42. The van der Waals surface area contributed by atoms with Gasteiger partial charge in [-0.1, -0.05) is 12.1 Å². The van der Waals surface area contributed by atoms with E-state index >= 15 is 0 Å². The number of nitrogens with one attached hydrogen (secondary N) is 2. The lowest BCUT2D eigenvalue weighted by atomic mass is 10.0. The molecule has 1 fully saturated rings. The van der Waals surface area contributed by atoms with Crippen LogP contribution in [0.15, 0.2) is 85.2 Å². The fourth-order valence-corrected chi connectivity index (χ4v) is 5.06. The summed E-state index contributed by atoms with van der Waals surface area (Å²) in [4.78, 5) is 18.7. The lowest BCUT2D eigenvalue weighted by Gasteiger charge is -2.29. The number of carbonyl (C=O) groups excluding carboxylic acids is 1. The Morgan fingerprint density at radius 3 is 2.51 bits per heavy atom. The van der Waals surface area contributed by atoms with Crippen molar-refractivity contribution in [1.82, 2.24) is 14.9 Å². The molecule has 0 aliphatic carbocycles. The molecule has 0 unspecified atom stereocenters. The topological polar surface area (TPSA) is 71.4 Å². The van der Waals surface area contributed by atoms with E-state index in [1.807, 2.05) is 42.5 Å². The van der Waals surface area contributed by atoms with Crippen LogP contribution in [-0.2, 0) is 9.53 Å². The van der Waals surface area contributed by atoms with Gasteiger partial charge in [0.15, 0.2) is 5.11 Å². The van der Waals surface area contributed by atoms with E-state index in [-0.39, 0.29) is 24.6 Å². The second-order valence-electron chi connectivity index (χ2n) is 9.10. The molecule has 2 N–H and O–H groups in total. The Morgan fingerprint density at radius 1 is 1.03 bits per heavy atom. The van der Waals surface area contributed by atoms with Gasteiger partial charge in [-0.3, -0.25) is 9.78 Å². The summed E-state index contributed by atoms with van der Waals surface area (Å²) in [6.07, 6.45) is 3.89. The Morgan fingerprint density at radius 2 is 1.81 bits per heavy atom. The summed E-state index contributed by atoms with van der Waals surface area (Å²) in [5.74, 6) is -0.201. The van der Waals surface area contributed by atoms with Gasteiger partial charge < -0.3 is 24.8 Å². The third kappa shape index (κ3) is 4.98. The van der Waals surface area contributed by atoms with Gasteiger partial charge in [0, 0.05) is 42.3 Å². The molecule has 188 valence electrons. The minimum absolute atomic E-state index is 0.00515. The molecule has 0 spiro atoms. The number of ether oxygens (including phenoxy) is 1. The predicted molar refractivity (Wildman–Crippen MR) is 150 cm³/mol. The van der Waals surface area contributed by atoms with Crippen LogP contribution in [0.2, 0.25) is 0 Å². The third-order valence-electron chi connectivity index (χ3n) is 6.65. The number of thiocarbonyl (C=S) groups is 1. The third-order valence-corrected chi connectivity index (χ3v) is 6.97. The average Bonchev–Trinajstić information content (AvgIpc) is 3.51. The lowest BCUT2D eigenvalue weighted by Crippen LogP contribution is -2.30. The van der Waals surface area contributed by atoms with Crippen LogP contribution in [0.1, 0.15) is 34.6 Å². The summed E-state index contributed by atoms with van der Waals surface area (Å²) < 4.78 is 7.13. The zero-order valence-corrected chi connectivity index (χ0v) is 21.8. The summed E-state index contributed by atoms with van der Waals surface area (Å²) in [5.41, 5.74) is 7.20. The summed E-state index contributed by atoms with van der Waals surface area (Å²) in [5, 5.41) is 6.97. The van der Waals surface area contributed by atoms with Gasteiger partial charge in [0.1, 0.15) is 12.6 Å². The first-order chi connectivity index (χ1) is 18.0. The van der Waals surface area contributed by atoms with E-state index in [0.29, 0.717) is 10.8 Å². The van der Waals surface area contributed by atoms with Crippen LogP contribution >= 0.6 is 12.2 Å². The van der Waals surface area contributed by atoms with E-state index in [9.17, 15) is 4.79 Å². The SMILES string of the molecule is COCC(=O)Nc1ccc(N2C(=S)N[C@H](c3ccccn3)[C@@H]2c2cccn2-c2ccc(C)c(C)c2)cc1. The van der Waals surface area contributed by atoms with Crippen molar-refractivity contribution >= 4 is 34.6 Å². The molecule has 37 heavy (non-hydrogen) atoms. The Kier molecular flexibility index (Phi) is 7.03. The van der Waals surface area contributed by atoms with Gasteiger partial charge in [-0.25, -0.2) is 0 Å². The zero-order chi connectivity index (χ0) is 25.9. The highest BCUT2D eigenvalue weighted by atomic mass is 32.1. The fourth-order valence-electron chi connectivity index (χ4n) is 4.71. The number of rotatable bonds is 7. The van der Waals surface area contributed by atoms with Crippen LogP contribution in [0.3, 0.4) is 0 Å². The van der Waals surface area contributed by atoms with Crippen molar-refractivity contribution in [2.75, 3.05) is 23.9 Å². The largest absolute Gasteiger partial charge is 0.375 e. The van der Waals surface area contributed by atoms with Gasteiger partial charge in [-0.15, -0.1) is 0 Å². The highest BCUT2D eigenvalue weighted by Gasteiger charge is 2.42. The Balaban J connectivity index is 1.57. The predicted octanol–water partition coefficient (Wildman–Crippen LogP) is 5.25. The number of aryl methyl sites for hydroxylation is 2. The normalized spacial score (nSPS) is 17.1. The minimum atomic E-state index is -0.201. The summed E-state index contributed by atoms with van der Waals surface area (Å²) in [7, 11) is 1.50. The van der Waals surface area contributed by atoms with Crippen molar-refractivity contribution in [2.24, 2.45) is 0 Å². The maximum absolute atomic E-state index is 11.9. The number of amides is 1. The Labute approximate surface area is 222 Å². The molecule has 0 radical (unpaired) electrons. The summed E-state index contributed by atoms with van der Waals surface area (Å²) in [6.45, 7) is 4.25. The van der Waals surface area contributed by atoms with Gasteiger partial charge in [-0.2, -0.15) is 0 Å². The van der Waals surface area contributed by atoms with E-state index < -0.39 is 0 Å². The Bertz CT molecular complexity index is 1420. The smallest absolute Gasteiger partial charge is 0.250 e. The molecule has 4 aromatic rings.